The van der Waals surface area contributed by atoms with E-state index in [4.69, 9.17) is 18.9 Å². The summed E-state index contributed by atoms with van der Waals surface area (Å²) in [6.45, 7) is 1.24. The molecule has 2 N–H and O–H groups in total. The molecule has 32 heavy (non-hydrogen) atoms. The molecule has 1 unspecified atom stereocenters. The largest absolute Gasteiger partial charge is 0.493 e. The number of nitrogens with zero attached hydrogens (tertiary/aromatic N) is 4. The minimum absolute atomic E-state index is 0.0455. The third-order valence-electron chi connectivity index (χ3n) is 4.66. The van der Waals surface area contributed by atoms with Gasteiger partial charge in [-0.1, -0.05) is 0 Å². The van der Waals surface area contributed by atoms with Gasteiger partial charge in [-0.3, -0.25) is 0 Å². The van der Waals surface area contributed by atoms with E-state index in [1.165, 1.54) is 0 Å². The molecule has 1 aromatic carbocycles. The van der Waals surface area contributed by atoms with Crippen LogP contribution in [0.5, 0.6) is 23.1 Å². The van der Waals surface area contributed by atoms with Gasteiger partial charge in [-0.25, -0.2) is 9.97 Å². The molecule has 0 amide bonds. The molecule has 1 atom stereocenters. The number of pyridine rings is 1. The Kier molecular flexibility index (Phi) is 6.41. The molecule has 0 bridgehead atoms. The summed E-state index contributed by atoms with van der Waals surface area (Å²) in [6, 6.07) is 9.10. The highest BCUT2D eigenvalue weighted by Crippen LogP contribution is 2.33. The third kappa shape index (κ3) is 5.09. The highest BCUT2D eigenvalue weighted by Gasteiger charge is 2.23. The van der Waals surface area contributed by atoms with E-state index in [0.717, 1.165) is 17.9 Å². The molecule has 0 fully saturated rings. The molecule has 10 nitrogen and oxygen atoms in total. The smallest absolute Gasteiger partial charge is 0.257 e. The van der Waals surface area contributed by atoms with Gasteiger partial charge < -0.3 is 34.5 Å². The zero-order chi connectivity index (χ0) is 22.5. The second-order valence-corrected chi connectivity index (χ2v) is 7.43. The lowest BCUT2D eigenvalue weighted by Crippen LogP contribution is -2.38. The van der Waals surface area contributed by atoms with Gasteiger partial charge in [0.15, 0.2) is 17.2 Å². The van der Waals surface area contributed by atoms with Crippen LogP contribution in [-0.2, 0) is 0 Å². The quantitative estimate of drug-likeness (QED) is 0.545. The lowest BCUT2D eigenvalue weighted by atomic mass is 10.3. The third-order valence-corrected chi connectivity index (χ3v) is 4.66. The maximum Gasteiger partial charge on any atom is 0.257 e. The molecule has 2 aromatic heterocycles. The molecule has 4 rings (SSSR count). The first-order valence-corrected chi connectivity index (χ1v) is 10.1. The van der Waals surface area contributed by atoms with Crippen molar-refractivity contribution in [2.75, 3.05) is 52.1 Å². The summed E-state index contributed by atoms with van der Waals surface area (Å²) in [4.78, 5) is 15.2. The maximum atomic E-state index is 5.91. The highest BCUT2D eigenvalue weighted by molar-refractivity contribution is 5.63. The Balaban J connectivity index is 1.44. The van der Waals surface area contributed by atoms with E-state index >= 15 is 0 Å². The van der Waals surface area contributed by atoms with Crippen molar-refractivity contribution >= 4 is 23.1 Å². The molecule has 3 heterocycles. The van der Waals surface area contributed by atoms with Crippen molar-refractivity contribution in [2.24, 2.45) is 0 Å². The van der Waals surface area contributed by atoms with Gasteiger partial charge in [0.05, 0.1) is 26.1 Å². The Bertz CT molecular complexity index is 1080. The van der Waals surface area contributed by atoms with Crippen molar-refractivity contribution in [2.45, 2.75) is 6.10 Å². The standard InChI is InChI=1S/C22H26N6O4/c1-28(2)12-16-13-31-19-10-15(11-24-21(19)32-16)25-20-7-8-23-22(27-20)26-14-5-6-17(29-3)18(9-14)30-4/h5-11,16H,12-13H2,1-4H3,(H2,23,25,26,27). The van der Waals surface area contributed by atoms with Crippen molar-refractivity contribution in [1.29, 1.82) is 0 Å². The van der Waals surface area contributed by atoms with Crippen molar-refractivity contribution in [1.82, 2.24) is 19.9 Å². The molecule has 0 saturated heterocycles. The second kappa shape index (κ2) is 9.56. The Morgan fingerprint density at radius 3 is 2.66 bits per heavy atom. The minimum Gasteiger partial charge on any atom is -0.493 e. The van der Waals surface area contributed by atoms with Crippen LogP contribution in [0.3, 0.4) is 0 Å². The van der Waals surface area contributed by atoms with Gasteiger partial charge in [0.25, 0.3) is 5.88 Å². The molecule has 0 saturated carbocycles. The first kappa shape index (κ1) is 21.4. The number of nitrogens with one attached hydrogen (secondary N) is 2. The number of benzene rings is 1. The predicted octanol–water partition coefficient (Wildman–Crippen LogP) is 3.08. The van der Waals surface area contributed by atoms with Crippen molar-refractivity contribution in [3.8, 4) is 23.1 Å². The number of ether oxygens (including phenoxy) is 4. The van der Waals surface area contributed by atoms with E-state index in [0.29, 0.717) is 41.5 Å². The zero-order valence-corrected chi connectivity index (χ0v) is 18.5. The first-order chi connectivity index (χ1) is 15.5. The van der Waals surface area contributed by atoms with Gasteiger partial charge in [0.1, 0.15) is 18.5 Å². The zero-order valence-electron chi connectivity index (χ0n) is 18.5. The molecule has 1 aliphatic rings. The number of anilines is 4. The van der Waals surface area contributed by atoms with E-state index in [9.17, 15) is 0 Å². The first-order valence-electron chi connectivity index (χ1n) is 10.1. The van der Waals surface area contributed by atoms with Gasteiger partial charge in [-0.05, 0) is 32.3 Å². The average molecular weight is 438 g/mol. The van der Waals surface area contributed by atoms with E-state index in [1.807, 2.05) is 38.4 Å². The Morgan fingerprint density at radius 1 is 1.03 bits per heavy atom. The van der Waals surface area contributed by atoms with Crippen LogP contribution in [0.15, 0.2) is 42.7 Å². The van der Waals surface area contributed by atoms with Crippen LogP contribution in [0.2, 0.25) is 0 Å². The predicted molar refractivity (Wildman–Crippen MR) is 121 cm³/mol. The average Bonchev–Trinajstić information content (AvgIpc) is 2.79. The van der Waals surface area contributed by atoms with Crippen LogP contribution in [-0.4, -0.2) is 67.4 Å². The monoisotopic (exact) mass is 438 g/mol. The Labute approximate surface area is 186 Å². The lowest BCUT2D eigenvalue weighted by Gasteiger charge is -2.27. The number of fused-ring (bicyclic) bond motifs is 1. The fourth-order valence-corrected chi connectivity index (χ4v) is 3.24. The van der Waals surface area contributed by atoms with Crippen LogP contribution in [0.4, 0.5) is 23.1 Å². The lowest BCUT2D eigenvalue weighted by molar-refractivity contribution is 0.0658. The number of likely N-dealkylation sites (N-methyl/N-ethyl adjacent to an activating group) is 1. The number of rotatable bonds is 8. The molecule has 168 valence electrons. The van der Waals surface area contributed by atoms with Gasteiger partial charge >= 0.3 is 0 Å². The second-order valence-electron chi connectivity index (χ2n) is 7.43. The van der Waals surface area contributed by atoms with Crippen molar-refractivity contribution in [3.63, 3.8) is 0 Å². The topological polar surface area (TPSA) is 103 Å². The molecule has 0 spiro atoms. The van der Waals surface area contributed by atoms with Crippen LogP contribution in [0.1, 0.15) is 0 Å². The summed E-state index contributed by atoms with van der Waals surface area (Å²) < 4.78 is 22.4. The Hall–Kier alpha value is -3.79. The molecule has 3 aromatic rings. The summed E-state index contributed by atoms with van der Waals surface area (Å²) in [5.41, 5.74) is 1.50. The van der Waals surface area contributed by atoms with E-state index in [1.54, 1.807) is 32.7 Å². The molecule has 10 heteroatoms. The van der Waals surface area contributed by atoms with Crippen LogP contribution < -0.4 is 29.6 Å². The summed E-state index contributed by atoms with van der Waals surface area (Å²) in [7, 11) is 7.18. The summed E-state index contributed by atoms with van der Waals surface area (Å²) in [5.74, 6) is 3.39. The summed E-state index contributed by atoms with van der Waals surface area (Å²) >= 11 is 0. The number of aromatic nitrogens is 3. The fraction of sp³-hybridized carbons (Fsp3) is 0.318. The van der Waals surface area contributed by atoms with Gasteiger partial charge in [-0.15, -0.1) is 0 Å². The molecule has 1 aliphatic heterocycles. The highest BCUT2D eigenvalue weighted by atomic mass is 16.6. The van der Waals surface area contributed by atoms with Gasteiger partial charge in [-0.2, -0.15) is 4.98 Å². The molecular formula is C22H26N6O4. The van der Waals surface area contributed by atoms with Gasteiger partial charge in [0, 0.05) is 30.6 Å². The summed E-state index contributed by atoms with van der Waals surface area (Å²) in [5, 5.41) is 6.39. The number of hydrogen-bond donors (Lipinski definition) is 2. The van der Waals surface area contributed by atoms with Crippen molar-refractivity contribution in [3.05, 3.63) is 42.7 Å². The normalized spacial score (nSPS) is 14.7. The van der Waals surface area contributed by atoms with E-state index in [-0.39, 0.29) is 6.10 Å². The minimum atomic E-state index is -0.0455. The van der Waals surface area contributed by atoms with Crippen molar-refractivity contribution < 1.29 is 18.9 Å². The maximum absolute atomic E-state index is 5.91. The Morgan fingerprint density at radius 2 is 1.88 bits per heavy atom. The van der Waals surface area contributed by atoms with E-state index in [2.05, 4.69) is 30.5 Å². The van der Waals surface area contributed by atoms with E-state index < -0.39 is 0 Å². The molecule has 0 aliphatic carbocycles. The van der Waals surface area contributed by atoms with Gasteiger partial charge in [0.2, 0.25) is 5.95 Å². The van der Waals surface area contributed by atoms with Crippen LogP contribution in [0, 0.1) is 0 Å². The summed E-state index contributed by atoms with van der Waals surface area (Å²) in [6.07, 6.45) is 3.30. The number of hydrogen-bond acceptors (Lipinski definition) is 10. The fourth-order valence-electron chi connectivity index (χ4n) is 3.24. The van der Waals surface area contributed by atoms with Crippen LogP contribution in [0.25, 0.3) is 0 Å². The molecule has 0 radical (unpaired) electrons. The molecular weight excluding hydrogens is 412 g/mol. The SMILES string of the molecule is COc1ccc(Nc2nccc(Nc3cnc4c(c3)OCC(CN(C)C)O4)n2)cc1OC. The van der Waals surface area contributed by atoms with Crippen LogP contribution >= 0.6 is 0 Å². The number of methoxy groups -OCH3 is 2.